The molecule has 2 N–H and O–H groups in total. The van der Waals surface area contributed by atoms with E-state index in [1.165, 1.54) is 7.11 Å². The molecule has 0 atom stereocenters. The lowest BCUT2D eigenvalue weighted by atomic mass is 10.1. The van der Waals surface area contributed by atoms with Crippen molar-refractivity contribution in [2.24, 2.45) is 10.9 Å². The molecular weight excluding hydrogens is 416 g/mol. The van der Waals surface area contributed by atoms with Crippen LogP contribution in [0, 0.1) is 13.8 Å². The average Bonchev–Trinajstić information content (AvgIpc) is 2.77. The molecule has 3 aromatic rings. The number of para-hydroxylation sites is 1. The molecule has 0 amide bonds. The highest BCUT2D eigenvalue weighted by atomic mass is 35.5. The Morgan fingerprint density at radius 2 is 1.71 bits per heavy atom. The van der Waals surface area contributed by atoms with Crippen molar-refractivity contribution in [2.75, 3.05) is 7.11 Å². The monoisotopic (exact) mass is 438 g/mol. The zero-order valence-corrected chi connectivity index (χ0v) is 18.3. The predicted octanol–water partition coefficient (Wildman–Crippen LogP) is 5.02. The summed E-state index contributed by atoms with van der Waals surface area (Å²) in [6, 6.07) is 17.8. The summed E-state index contributed by atoms with van der Waals surface area (Å²) in [5, 5.41) is 4.18. The summed E-state index contributed by atoms with van der Waals surface area (Å²) < 4.78 is 11.2. The van der Waals surface area contributed by atoms with Gasteiger partial charge in [0, 0.05) is 5.02 Å². The van der Waals surface area contributed by atoms with Crippen molar-refractivity contribution in [3.8, 4) is 11.5 Å². The van der Waals surface area contributed by atoms with Gasteiger partial charge in [-0.2, -0.15) is 0 Å². The van der Waals surface area contributed by atoms with Crippen LogP contribution in [0.5, 0.6) is 11.5 Å². The summed E-state index contributed by atoms with van der Waals surface area (Å²) in [6.45, 7) is 4.40. The van der Waals surface area contributed by atoms with Crippen molar-refractivity contribution in [1.82, 2.24) is 0 Å². The molecule has 160 valence electrons. The van der Waals surface area contributed by atoms with Gasteiger partial charge in [0.1, 0.15) is 18.1 Å². The molecule has 3 rings (SSSR count). The topological polar surface area (TPSA) is 83.1 Å². The Morgan fingerprint density at radius 3 is 2.35 bits per heavy atom. The number of methoxy groups -OCH3 is 1. The van der Waals surface area contributed by atoms with Crippen LogP contribution in [-0.4, -0.2) is 18.9 Å². The maximum Gasteiger partial charge on any atom is 0.365 e. The highest BCUT2D eigenvalue weighted by Crippen LogP contribution is 2.24. The van der Waals surface area contributed by atoms with E-state index in [0.717, 1.165) is 22.4 Å². The van der Waals surface area contributed by atoms with E-state index in [4.69, 9.17) is 31.6 Å². The van der Waals surface area contributed by atoms with Gasteiger partial charge in [0.05, 0.1) is 18.2 Å². The number of carbonyl (C=O) groups is 1. The standard InChI is InChI=1S/C24H23ClN2O4/c1-15-5-4-6-16(2)22(15)30-14-17-7-9-18(10-8-17)24(28)31-27-23(26)20-13-19(25)11-12-21(20)29-3/h4-13H,14H2,1-3H3,(H2,26,27). The molecule has 0 aliphatic carbocycles. The number of halogens is 1. The van der Waals surface area contributed by atoms with E-state index in [1.54, 1.807) is 42.5 Å². The molecular formula is C24H23ClN2O4. The molecule has 0 heterocycles. The van der Waals surface area contributed by atoms with Crippen LogP contribution in [0.1, 0.15) is 32.6 Å². The van der Waals surface area contributed by atoms with Gasteiger partial charge in [0.2, 0.25) is 0 Å². The number of rotatable bonds is 7. The van der Waals surface area contributed by atoms with Gasteiger partial charge >= 0.3 is 5.97 Å². The Hall–Kier alpha value is -3.51. The summed E-state index contributed by atoms with van der Waals surface area (Å²) in [6.07, 6.45) is 0. The van der Waals surface area contributed by atoms with Crippen molar-refractivity contribution in [2.45, 2.75) is 20.5 Å². The first-order chi connectivity index (χ1) is 14.9. The van der Waals surface area contributed by atoms with E-state index in [9.17, 15) is 4.79 Å². The number of aryl methyl sites for hydroxylation is 2. The normalized spacial score (nSPS) is 11.2. The first-order valence-electron chi connectivity index (χ1n) is 9.55. The number of hydrogen-bond donors (Lipinski definition) is 1. The highest BCUT2D eigenvalue weighted by molar-refractivity contribution is 6.31. The quantitative estimate of drug-likeness (QED) is 0.242. The van der Waals surface area contributed by atoms with Crippen molar-refractivity contribution in [3.05, 3.63) is 93.5 Å². The smallest absolute Gasteiger partial charge is 0.365 e. The lowest BCUT2D eigenvalue weighted by Gasteiger charge is -2.12. The van der Waals surface area contributed by atoms with Crippen LogP contribution in [0.3, 0.4) is 0 Å². The fraction of sp³-hybridized carbons (Fsp3) is 0.167. The second kappa shape index (κ2) is 10.00. The van der Waals surface area contributed by atoms with Crippen molar-refractivity contribution < 1.29 is 19.1 Å². The molecule has 6 nitrogen and oxygen atoms in total. The summed E-state index contributed by atoms with van der Waals surface area (Å²) in [5.74, 6) is 0.680. The molecule has 7 heteroatoms. The third kappa shape index (κ3) is 5.55. The first kappa shape index (κ1) is 22.2. The Morgan fingerprint density at radius 1 is 1.03 bits per heavy atom. The lowest BCUT2D eigenvalue weighted by Crippen LogP contribution is -2.16. The molecule has 0 saturated heterocycles. The zero-order chi connectivity index (χ0) is 22.4. The summed E-state index contributed by atoms with van der Waals surface area (Å²) in [4.78, 5) is 17.3. The van der Waals surface area contributed by atoms with Gasteiger partial charge in [-0.05, 0) is 60.9 Å². The van der Waals surface area contributed by atoms with Gasteiger partial charge in [-0.1, -0.05) is 47.1 Å². The largest absolute Gasteiger partial charge is 0.496 e. The van der Waals surface area contributed by atoms with Gasteiger partial charge in [0.25, 0.3) is 0 Å². The SMILES string of the molecule is COc1ccc(Cl)cc1/C(N)=N/OC(=O)c1ccc(COc2c(C)cccc2C)cc1. The van der Waals surface area contributed by atoms with Crippen LogP contribution in [0.25, 0.3) is 0 Å². The van der Waals surface area contributed by atoms with Crippen molar-refractivity contribution in [1.29, 1.82) is 0 Å². The predicted molar refractivity (Wildman–Crippen MR) is 121 cm³/mol. The van der Waals surface area contributed by atoms with Crippen molar-refractivity contribution >= 4 is 23.4 Å². The molecule has 0 unspecified atom stereocenters. The molecule has 3 aromatic carbocycles. The molecule has 0 aliphatic heterocycles. The number of benzene rings is 3. The van der Waals surface area contributed by atoms with Gasteiger partial charge in [-0.15, -0.1) is 0 Å². The van der Waals surface area contributed by atoms with E-state index in [1.807, 2.05) is 32.0 Å². The first-order valence-corrected chi connectivity index (χ1v) is 9.93. The van der Waals surface area contributed by atoms with E-state index in [-0.39, 0.29) is 5.84 Å². The number of amidine groups is 1. The average molecular weight is 439 g/mol. The summed E-state index contributed by atoms with van der Waals surface area (Å²) in [5.41, 5.74) is 9.77. The Kier molecular flexibility index (Phi) is 7.15. The fourth-order valence-electron chi connectivity index (χ4n) is 2.99. The van der Waals surface area contributed by atoms with E-state index < -0.39 is 5.97 Å². The summed E-state index contributed by atoms with van der Waals surface area (Å²) in [7, 11) is 1.50. The third-order valence-corrected chi connectivity index (χ3v) is 4.88. The number of ether oxygens (including phenoxy) is 2. The molecule has 0 saturated carbocycles. The van der Waals surface area contributed by atoms with E-state index in [0.29, 0.717) is 28.5 Å². The minimum absolute atomic E-state index is 0.0219. The number of carbonyl (C=O) groups excluding carboxylic acids is 1. The van der Waals surface area contributed by atoms with E-state index >= 15 is 0 Å². The number of hydrogen-bond acceptors (Lipinski definition) is 5. The zero-order valence-electron chi connectivity index (χ0n) is 17.5. The molecule has 0 radical (unpaired) electrons. The van der Waals surface area contributed by atoms with Crippen LogP contribution in [0.15, 0.2) is 65.8 Å². The van der Waals surface area contributed by atoms with Crippen molar-refractivity contribution in [3.63, 3.8) is 0 Å². The lowest BCUT2D eigenvalue weighted by molar-refractivity contribution is 0.0516. The minimum Gasteiger partial charge on any atom is -0.496 e. The van der Waals surface area contributed by atoms with Crippen LogP contribution >= 0.6 is 11.6 Å². The van der Waals surface area contributed by atoms with E-state index in [2.05, 4.69) is 5.16 Å². The molecule has 31 heavy (non-hydrogen) atoms. The minimum atomic E-state index is -0.633. The van der Waals surface area contributed by atoms with Gasteiger partial charge in [0.15, 0.2) is 5.84 Å². The second-order valence-electron chi connectivity index (χ2n) is 6.91. The van der Waals surface area contributed by atoms with Crippen LogP contribution in [0.4, 0.5) is 0 Å². The number of nitrogens with zero attached hydrogens (tertiary/aromatic N) is 1. The highest BCUT2D eigenvalue weighted by Gasteiger charge is 2.12. The maximum atomic E-state index is 12.3. The molecule has 0 aliphatic rings. The Balaban J connectivity index is 1.64. The third-order valence-electron chi connectivity index (χ3n) is 4.65. The van der Waals surface area contributed by atoms with Crippen LogP contribution < -0.4 is 15.2 Å². The fourth-order valence-corrected chi connectivity index (χ4v) is 3.16. The molecule has 0 bridgehead atoms. The second-order valence-corrected chi connectivity index (χ2v) is 7.34. The van der Waals surface area contributed by atoms with Gasteiger partial charge < -0.3 is 20.0 Å². The molecule has 0 aromatic heterocycles. The number of nitrogens with two attached hydrogens (primary N) is 1. The van der Waals surface area contributed by atoms with Gasteiger partial charge in [-0.25, -0.2) is 4.79 Å². The van der Waals surface area contributed by atoms with Crippen LogP contribution in [-0.2, 0) is 11.4 Å². The Labute approximate surface area is 186 Å². The number of oxime groups is 1. The van der Waals surface area contributed by atoms with Gasteiger partial charge in [-0.3, -0.25) is 0 Å². The summed E-state index contributed by atoms with van der Waals surface area (Å²) >= 11 is 5.99. The molecule has 0 spiro atoms. The molecule has 0 fully saturated rings. The maximum absolute atomic E-state index is 12.3. The van der Waals surface area contributed by atoms with Crippen LogP contribution in [0.2, 0.25) is 5.02 Å². The Bertz CT molecular complexity index is 1090.